The second kappa shape index (κ2) is 6.33. The molecule has 0 radical (unpaired) electrons. The van der Waals surface area contributed by atoms with Gasteiger partial charge in [-0.1, -0.05) is 0 Å². The maximum absolute atomic E-state index is 12.3. The van der Waals surface area contributed by atoms with Gasteiger partial charge < -0.3 is 10.3 Å². The van der Waals surface area contributed by atoms with Crippen LogP contribution in [0.3, 0.4) is 0 Å². The zero-order chi connectivity index (χ0) is 13.7. The Morgan fingerprint density at radius 1 is 1.78 bits per heavy atom. The first kappa shape index (κ1) is 14.4. The van der Waals surface area contributed by atoms with Crippen molar-refractivity contribution in [3.8, 4) is 6.07 Å². The van der Waals surface area contributed by atoms with E-state index in [1.165, 1.54) is 4.90 Å². The fourth-order valence-electron chi connectivity index (χ4n) is 1.38. The molecule has 0 aliphatic rings. The van der Waals surface area contributed by atoms with Crippen molar-refractivity contribution in [1.29, 1.82) is 5.26 Å². The molecular weight excluding hydrogens is 298 g/mol. The molecule has 0 spiro atoms. The molecule has 1 rings (SSSR count). The number of nitrogens with two attached hydrogens (primary N) is 1. The SMILES string of the molecule is CC(CC#N)N(C)C(=O)c1cc(Br)cnc1NN. The van der Waals surface area contributed by atoms with Crippen LogP contribution in [0.2, 0.25) is 0 Å². The van der Waals surface area contributed by atoms with Crippen LogP contribution in [0, 0.1) is 11.3 Å². The fraction of sp³-hybridized carbons (Fsp3) is 0.364. The van der Waals surface area contributed by atoms with Crippen molar-refractivity contribution in [1.82, 2.24) is 9.88 Å². The number of carbonyl (C=O) groups is 1. The predicted molar refractivity (Wildman–Crippen MR) is 71.5 cm³/mol. The Morgan fingerprint density at radius 3 is 3.00 bits per heavy atom. The van der Waals surface area contributed by atoms with E-state index in [0.29, 0.717) is 15.9 Å². The Balaban J connectivity index is 3.03. The van der Waals surface area contributed by atoms with Crippen molar-refractivity contribution < 1.29 is 4.79 Å². The molecule has 0 saturated carbocycles. The molecule has 0 aromatic carbocycles. The molecule has 6 nitrogen and oxygen atoms in total. The van der Waals surface area contributed by atoms with Gasteiger partial charge in [-0.05, 0) is 28.9 Å². The number of aromatic nitrogens is 1. The topological polar surface area (TPSA) is 95.0 Å². The number of hydrogen-bond donors (Lipinski definition) is 2. The summed E-state index contributed by atoms with van der Waals surface area (Å²) in [7, 11) is 1.64. The number of amides is 1. The van der Waals surface area contributed by atoms with Crippen LogP contribution >= 0.6 is 15.9 Å². The van der Waals surface area contributed by atoms with E-state index < -0.39 is 0 Å². The average Bonchev–Trinajstić information content (AvgIpc) is 2.37. The normalized spacial score (nSPS) is 11.5. The van der Waals surface area contributed by atoms with Crippen LogP contribution in [0.5, 0.6) is 0 Å². The molecule has 7 heteroatoms. The molecule has 96 valence electrons. The second-order valence-corrected chi connectivity index (χ2v) is 4.74. The number of hydrazine groups is 1. The minimum absolute atomic E-state index is 0.174. The Hall–Kier alpha value is -1.65. The van der Waals surface area contributed by atoms with Crippen molar-refractivity contribution in [3.05, 3.63) is 22.3 Å². The van der Waals surface area contributed by atoms with Crippen LogP contribution in [-0.2, 0) is 0 Å². The molecule has 1 unspecified atom stereocenters. The van der Waals surface area contributed by atoms with E-state index in [1.807, 2.05) is 13.0 Å². The van der Waals surface area contributed by atoms with Crippen molar-refractivity contribution >= 4 is 27.7 Å². The summed E-state index contributed by atoms with van der Waals surface area (Å²) in [5.74, 6) is 5.39. The maximum Gasteiger partial charge on any atom is 0.257 e. The van der Waals surface area contributed by atoms with Gasteiger partial charge in [0.1, 0.15) is 0 Å². The standard InChI is InChI=1S/C11H14BrN5O/c1-7(3-4-13)17(2)11(18)9-5-8(12)6-15-10(9)16-14/h5-7H,3,14H2,1-2H3,(H,15,16). The van der Waals surface area contributed by atoms with Crippen LogP contribution in [-0.4, -0.2) is 28.9 Å². The lowest BCUT2D eigenvalue weighted by Gasteiger charge is -2.23. The monoisotopic (exact) mass is 311 g/mol. The zero-order valence-corrected chi connectivity index (χ0v) is 11.7. The van der Waals surface area contributed by atoms with Gasteiger partial charge in [0, 0.05) is 23.8 Å². The van der Waals surface area contributed by atoms with Crippen molar-refractivity contribution in [2.75, 3.05) is 12.5 Å². The number of pyridine rings is 1. The summed E-state index contributed by atoms with van der Waals surface area (Å²) in [5.41, 5.74) is 2.75. The molecule has 1 atom stereocenters. The molecule has 1 aromatic heterocycles. The number of nitrogens with zero attached hydrogens (tertiary/aromatic N) is 3. The molecule has 1 heterocycles. The van der Waals surface area contributed by atoms with Crippen molar-refractivity contribution in [2.45, 2.75) is 19.4 Å². The summed E-state index contributed by atoms with van der Waals surface area (Å²) in [4.78, 5) is 17.8. The lowest BCUT2D eigenvalue weighted by Crippen LogP contribution is -2.35. The Kier molecular flexibility index (Phi) is 5.07. The van der Waals surface area contributed by atoms with Gasteiger partial charge in [0.15, 0.2) is 5.82 Å². The first-order valence-electron chi connectivity index (χ1n) is 5.27. The molecular formula is C11H14BrN5O. The minimum atomic E-state index is -0.237. The van der Waals surface area contributed by atoms with Gasteiger partial charge in [-0.3, -0.25) is 4.79 Å². The van der Waals surface area contributed by atoms with Crippen LogP contribution in [0.4, 0.5) is 5.82 Å². The fourth-order valence-corrected chi connectivity index (χ4v) is 1.71. The van der Waals surface area contributed by atoms with Gasteiger partial charge in [-0.2, -0.15) is 5.26 Å². The first-order valence-corrected chi connectivity index (χ1v) is 6.06. The number of anilines is 1. The van der Waals surface area contributed by atoms with Crippen LogP contribution < -0.4 is 11.3 Å². The number of rotatable bonds is 4. The molecule has 0 bridgehead atoms. The van der Waals surface area contributed by atoms with Crippen molar-refractivity contribution in [3.63, 3.8) is 0 Å². The van der Waals surface area contributed by atoms with Gasteiger partial charge in [-0.25, -0.2) is 10.8 Å². The molecule has 0 aliphatic heterocycles. The second-order valence-electron chi connectivity index (χ2n) is 3.82. The highest BCUT2D eigenvalue weighted by molar-refractivity contribution is 9.10. The summed E-state index contributed by atoms with van der Waals surface area (Å²) in [6.07, 6.45) is 1.82. The van der Waals surface area contributed by atoms with E-state index in [0.717, 1.165) is 0 Å². The van der Waals surface area contributed by atoms with E-state index in [2.05, 4.69) is 26.3 Å². The average molecular weight is 312 g/mol. The summed E-state index contributed by atoms with van der Waals surface area (Å²) in [6, 6.07) is 3.50. The van der Waals surface area contributed by atoms with E-state index in [4.69, 9.17) is 11.1 Å². The van der Waals surface area contributed by atoms with E-state index in [1.54, 1.807) is 19.3 Å². The molecule has 3 N–H and O–H groups in total. The van der Waals surface area contributed by atoms with Gasteiger partial charge in [0.05, 0.1) is 18.1 Å². The number of halogens is 1. The van der Waals surface area contributed by atoms with Gasteiger partial charge in [0.25, 0.3) is 5.91 Å². The van der Waals surface area contributed by atoms with E-state index in [-0.39, 0.29) is 18.4 Å². The number of nitrogens with one attached hydrogen (secondary N) is 1. The molecule has 0 aliphatic carbocycles. The van der Waals surface area contributed by atoms with Crippen LogP contribution in [0.1, 0.15) is 23.7 Å². The Labute approximate surface area is 114 Å². The molecule has 18 heavy (non-hydrogen) atoms. The predicted octanol–water partition coefficient (Wildman–Crippen LogP) is 1.50. The third kappa shape index (κ3) is 3.18. The third-order valence-electron chi connectivity index (χ3n) is 2.59. The Morgan fingerprint density at radius 2 is 2.44 bits per heavy atom. The number of nitrogen functional groups attached to an aromatic ring is 1. The largest absolute Gasteiger partial charge is 0.338 e. The van der Waals surface area contributed by atoms with Crippen molar-refractivity contribution in [2.24, 2.45) is 5.84 Å². The van der Waals surface area contributed by atoms with Crippen LogP contribution in [0.25, 0.3) is 0 Å². The summed E-state index contributed by atoms with van der Waals surface area (Å²) >= 11 is 3.26. The molecule has 0 fully saturated rings. The smallest absolute Gasteiger partial charge is 0.257 e. The number of carbonyl (C=O) groups excluding carboxylic acids is 1. The number of hydrogen-bond acceptors (Lipinski definition) is 5. The quantitative estimate of drug-likeness (QED) is 0.649. The lowest BCUT2D eigenvalue weighted by molar-refractivity contribution is 0.0747. The van der Waals surface area contributed by atoms with Gasteiger partial charge in [0.2, 0.25) is 0 Å². The maximum atomic E-state index is 12.3. The van der Waals surface area contributed by atoms with Gasteiger partial charge in [-0.15, -0.1) is 0 Å². The minimum Gasteiger partial charge on any atom is -0.338 e. The number of nitriles is 1. The molecule has 0 saturated heterocycles. The lowest BCUT2D eigenvalue weighted by atomic mass is 10.1. The highest BCUT2D eigenvalue weighted by atomic mass is 79.9. The zero-order valence-electron chi connectivity index (χ0n) is 10.1. The summed E-state index contributed by atoms with van der Waals surface area (Å²) in [6.45, 7) is 1.81. The van der Waals surface area contributed by atoms with E-state index in [9.17, 15) is 4.79 Å². The Bertz CT molecular complexity index is 485. The summed E-state index contributed by atoms with van der Waals surface area (Å²) < 4.78 is 0.686. The summed E-state index contributed by atoms with van der Waals surface area (Å²) in [5, 5.41) is 8.64. The molecule has 1 aromatic rings. The first-order chi connectivity index (χ1) is 8.51. The van der Waals surface area contributed by atoms with E-state index >= 15 is 0 Å². The highest BCUT2D eigenvalue weighted by Crippen LogP contribution is 2.19. The third-order valence-corrected chi connectivity index (χ3v) is 3.02. The van der Waals surface area contributed by atoms with Crippen LogP contribution in [0.15, 0.2) is 16.7 Å². The molecule has 1 amide bonds. The highest BCUT2D eigenvalue weighted by Gasteiger charge is 2.20. The van der Waals surface area contributed by atoms with Gasteiger partial charge >= 0.3 is 0 Å².